The quantitative estimate of drug-likeness (QED) is 0.845. The molecule has 0 amide bonds. The molecule has 2 rings (SSSR count). The van der Waals surface area contributed by atoms with Crippen LogP contribution in [0.15, 0.2) is 0 Å². The highest BCUT2D eigenvalue weighted by molar-refractivity contribution is 7.91. The minimum absolute atomic E-state index is 0.0641. The van der Waals surface area contributed by atoms with Crippen molar-refractivity contribution in [3.63, 3.8) is 0 Å². The van der Waals surface area contributed by atoms with Crippen LogP contribution >= 0.6 is 0 Å². The van der Waals surface area contributed by atoms with Crippen LogP contribution in [0, 0.1) is 5.92 Å². The molecule has 3 nitrogen and oxygen atoms in total. The molecule has 0 aromatic carbocycles. The van der Waals surface area contributed by atoms with Crippen molar-refractivity contribution < 1.29 is 8.42 Å². The van der Waals surface area contributed by atoms with Crippen LogP contribution in [0.25, 0.3) is 0 Å². The zero-order chi connectivity index (χ0) is 12.4. The van der Waals surface area contributed by atoms with Gasteiger partial charge in [0.15, 0.2) is 0 Å². The third kappa shape index (κ3) is 3.95. The van der Waals surface area contributed by atoms with Crippen LogP contribution in [0.5, 0.6) is 0 Å². The molecule has 4 heteroatoms. The average Bonchev–Trinajstić information content (AvgIpc) is 2.29. The average molecular weight is 259 g/mol. The highest BCUT2D eigenvalue weighted by Gasteiger charge is 2.30. The van der Waals surface area contributed by atoms with Crippen molar-refractivity contribution >= 4 is 9.84 Å². The van der Waals surface area contributed by atoms with E-state index in [1.165, 1.54) is 19.3 Å². The number of nitrogens with two attached hydrogens (primary N) is 1. The minimum atomic E-state index is -2.71. The Labute approximate surface area is 105 Å². The van der Waals surface area contributed by atoms with E-state index >= 15 is 0 Å². The highest BCUT2D eigenvalue weighted by atomic mass is 32.2. The zero-order valence-corrected chi connectivity index (χ0v) is 11.5. The van der Waals surface area contributed by atoms with E-state index in [0.717, 1.165) is 38.5 Å². The number of hydrogen-bond donors (Lipinski definition) is 1. The second-order valence-electron chi connectivity index (χ2n) is 6.06. The van der Waals surface area contributed by atoms with Crippen molar-refractivity contribution in [1.29, 1.82) is 0 Å². The summed E-state index contributed by atoms with van der Waals surface area (Å²) in [7, 11) is -2.71. The molecule has 2 N–H and O–H groups in total. The number of rotatable bonds is 3. The molecule has 0 atom stereocenters. The third-order valence-corrected chi connectivity index (χ3v) is 6.29. The molecule has 1 saturated heterocycles. The maximum atomic E-state index is 11.3. The summed E-state index contributed by atoms with van der Waals surface area (Å²) in [6, 6.07) is 0. The molecule has 0 unspecified atom stereocenters. The number of hydrogen-bond acceptors (Lipinski definition) is 3. The molecule has 1 saturated carbocycles. The molecule has 0 spiro atoms. The Morgan fingerprint density at radius 1 is 1.06 bits per heavy atom. The normalized spacial score (nSPS) is 29.0. The predicted molar refractivity (Wildman–Crippen MR) is 70.6 cm³/mol. The van der Waals surface area contributed by atoms with E-state index in [1.807, 2.05) is 0 Å². The maximum Gasteiger partial charge on any atom is 0.150 e. The van der Waals surface area contributed by atoms with Gasteiger partial charge in [0.2, 0.25) is 0 Å². The van der Waals surface area contributed by atoms with E-state index in [4.69, 9.17) is 5.73 Å². The van der Waals surface area contributed by atoms with Gasteiger partial charge in [-0.25, -0.2) is 8.42 Å². The summed E-state index contributed by atoms with van der Waals surface area (Å²) in [6.45, 7) is 0. The molecule has 2 fully saturated rings. The van der Waals surface area contributed by atoms with E-state index in [2.05, 4.69) is 0 Å². The Bertz CT molecular complexity index is 330. The van der Waals surface area contributed by atoms with E-state index in [9.17, 15) is 8.42 Å². The molecule has 0 aromatic rings. The third-order valence-electron chi connectivity index (χ3n) is 4.57. The van der Waals surface area contributed by atoms with E-state index in [-0.39, 0.29) is 5.54 Å². The molecule has 100 valence electrons. The van der Waals surface area contributed by atoms with Crippen LogP contribution in [-0.4, -0.2) is 25.5 Å². The van der Waals surface area contributed by atoms with Crippen LogP contribution in [0.1, 0.15) is 57.8 Å². The molecule has 0 radical (unpaired) electrons. The Kier molecular flexibility index (Phi) is 4.14. The van der Waals surface area contributed by atoms with Crippen molar-refractivity contribution in [2.75, 3.05) is 11.5 Å². The molecule has 1 aliphatic heterocycles. The minimum Gasteiger partial charge on any atom is -0.325 e. The Morgan fingerprint density at radius 3 is 2.24 bits per heavy atom. The van der Waals surface area contributed by atoms with E-state index in [1.54, 1.807) is 0 Å². The SMILES string of the molecule is NC1(CCC2CCS(=O)(=O)CC2)CCCCC1. The van der Waals surface area contributed by atoms with Gasteiger partial charge in [-0.3, -0.25) is 0 Å². The van der Waals surface area contributed by atoms with Gasteiger partial charge in [0.25, 0.3) is 0 Å². The first kappa shape index (κ1) is 13.3. The van der Waals surface area contributed by atoms with Gasteiger partial charge in [-0.1, -0.05) is 19.3 Å². The van der Waals surface area contributed by atoms with Gasteiger partial charge in [0.05, 0.1) is 11.5 Å². The van der Waals surface area contributed by atoms with Crippen molar-refractivity contribution in [2.45, 2.75) is 63.3 Å². The molecule has 17 heavy (non-hydrogen) atoms. The second kappa shape index (κ2) is 5.27. The van der Waals surface area contributed by atoms with Crippen LogP contribution in [0.2, 0.25) is 0 Å². The molecule has 1 aliphatic carbocycles. The van der Waals surface area contributed by atoms with E-state index in [0.29, 0.717) is 17.4 Å². The molecule has 1 heterocycles. The first-order chi connectivity index (χ1) is 7.99. The first-order valence-corrected chi connectivity index (χ1v) is 8.81. The van der Waals surface area contributed by atoms with Gasteiger partial charge in [0.1, 0.15) is 9.84 Å². The Balaban J connectivity index is 1.75. The standard InChI is InChI=1S/C13H25NO2S/c14-13(7-2-1-3-8-13)9-4-12-5-10-17(15,16)11-6-12/h12H,1-11,14H2. The smallest absolute Gasteiger partial charge is 0.150 e. The molecule has 0 bridgehead atoms. The van der Waals surface area contributed by atoms with Crippen molar-refractivity contribution in [3.8, 4) is 0 Å². The van der Waals surface area contributed by atoms with Crippen molar-refractivity contribution in [1.82, 2.24) is 0 Å². The molecular formula is C13H25NO2S. The maximum absolute atomic E-state index is 11.3. The Hall–Kier alpha value is -0.0900. The van der Waals surface area contributed by atoms with Gasteiger partial charge in [-0.15, -0.1) is 0 Å². The van der Waals surface area contributed by atoms with Crippen LogP contribution in [0.4, 0.5) is 0 Å². The lowest BCUT2D eigenvalue weighted by molar-refractivity contribution is 0.251. The van der Waals surface area contributed by atoms with Gasteiger partial charge in [-0.05, 0) is 44.4 Å². The monoisotopic (exact) mass is 259 g/mol. The Morgan fingerprint density at radius 2 is 1.65 bits per heavy atom. The highest BCUT2D eigenvalue weighted by Crippen LogP contribution is 2.33. The first-order valence-electron chi connectivity index (χ1n) is 6.98. The van der Waals surface area contributed by atoms with Gasteiger partial charge < -0.3 is 5.73 Å². The summed E-state index contributed by atoms with van der Waals surface area (Å²) in [5, 5.41) is 0. The lowest BCUT2D eigenvalue weighted by atomic mass is 9.77. The van der Waals surface area contributed by atoms with Gasteiger partial charge >= 0.3 is 0 Å². The fraction of sp³-hybridized carbons (Fsp3) is 1.00. The summed E-state index contributed by atoms with van der Waals surface area (Å²) in [5.41, 5.74) is 6.48. The van der Waals surface area contributed by atoms with Crippen LogP contribution in [-0.2, 0) is 9.84 Å². The number of sulfone groups is 1. The van der Waals surface area contributed by atoms with Crippen molar-refractivity contribution in [3.05, 3.63) is 0 Å². The summed E-state index contributed by atoms with van der Waals surface area (Å²) in [5.74, 6) is 1.39. The van der Waals surface area contributed by atoms with E-state index < -0.39 is 9.84 Å². The second-order valence-corrected chi connectivity index (χ2v) is 8.36. The fourth-order valence-electron chi connectivity index (χ4n) is 3.23. The van der Waals surface area contributed by atoms with Crippen molar-refractivity contribution in [2.24, 2.45) is 11.7 Å². The summed E-state index contributed by atoms with van der Waals surface area (Å²) >= 11 is 0. The van der Waals surface area contributed by atoms with Crippen LogP contribution in [0.3, 0.4) is 0 Å². The largest absolute Gasteiger partial charge is 0.325 e. The fourth-order valence-corrected chi connectivity index (χ4v) is 4.81. The molecular weight excluding hydrogens is 234 g/mol. The molecule has 0 aromatic heterocycles. The van der Waals surface area contributed by atoms with Crippen LogP contribution < -0.4 is 5.73 Å². The lowest BCUT2D eigenvalue weighted by Gasteiger charge is -2.35. The summed E-state index contributed by atoms with van der Waals surface area (Å²) < 4.78 is 22.7. The summed E-state index contributed by atoms with van der Waals surface area (Å²) in [6.07, 6.45) is 10.2. The van der Waals surface area contributed by atoms with Gasteiger partial charge in [-0.2, -0.15) is 0 Å². The lowest BCUT2D eigenvalue weighted by Crippen LogP contribution is -2.42. The predicted octanol–water partition coefficient (Wildman–Crippen LogP) is 2.25. The zero-order valence-electron chi connectivity index (χ0n) is 10.7. The topological polar surface area (TPSA) is 60.2 Å². The van der Waals surface area contributed by atoms with Gasteiger partial charge in [0, 0.05) is 5.54 Å². The molecule has 2 aliphatic rings. The summed E-state index contributed by atoms with van der Waals surface area (Å²) in [4.78, 5) is 0.